The summed E-state index contributed by atoms with van der Waals surface area (Å²) in [6.45, 7) is 22.0. The van der Waals surface area contributed by atoms with E-state index in [1.165, 1.54) is 64.2 Å². The Morgan fingerprint density at radius 3 is 1.75 bits per heavy atom. The Bertz CT molecular complexity index is 377. The molecule has 28 heavy (non-hydrogen) atoms. The molecule has 0 spiro atoms. The summed E-state index contributed by atoms with van der Waals surface area (Å²) in [5.41, 5.74) is 0. The van der Waals surface area contributed by atoms with Crippen molar-refractivity contribution in [2.24, 2.45) is 53.3 Å². The van der Waals surface area contributed by atoms with Gasteiger partial charge in [0.15, 0.2) is 0 Å². The minimum atomic E-state index is 0.838. The molecule has 0 aromatic heterocycles. The highest BCUT2D eigenvalue weighted by atomic mass is 14.4. The predicted molar refractivity (Wildman–Crippen MR) is 129 cm³/mol. The van der Waals surface area contributed by atoms with Gasteiger partial charge in [-0.05, 0) is 72.5 Å². The second-order valence-corrected chi connectivity index (χ2v) is 11.4. The molecule has 1 saturated carbocycles. The summed E-state index contributed by atoms with van der Waals surface area (Å²) in [6, 6.07) is 0. The molecule has 0 aromatic rings. The maximum absolute atomic E-state index is 2.58. The molecule has 0 heterocycles. The van der Waals surface area contributed by atoms with Crippen molar-refractivity contribution in [2.75, 3.05) is 0 Å². The Hall–Kier alpha value is 0. The molecule has 168 valence electrons. The summed E-state index contributed by atoms with van der Waals surface area (Å²) in [7, 11) is 0. The number of hydrogen-bond acceptors (Lipinski definition) is 0. The van der Waals surface area contributed by atoms with E-state index >= 15 is 0 Å². The van der Waals surface area contributed by atoms with E-state index in [0.717, 1.165) is 53.3 Å². The Balaban J connectivity index is 2.48. The van der Waals surface area contributed by atoms with Gasteiger partial charge in [-0.3, -0.25) is 0 Å². The third-order valence-corrected chi connectivity index (χ3v) is 8.94. The fourth-order valence-electron chi connectivity index (χ4n) is 6.24. The van der Waals surface area contributed by atoms with Crippen molar-refractivity contribution in [3.05, 3.63) is 0 Å². The fraction of sp³-hybridized carbons (Fsp3) is 1.00. The molecule has 1 aliphatic rings. The molecule has 0 amide bonds. The van der Waals surface area contributed by atoms with Crippen LogP contribution in [0.5, 0.6) is 0 Å². The maximum atomic E-state index is 2.58. The van der Waals surface area contributed by atoms with Crippen LogP contribution in [0.25, 0.3) is 0 Å². The lowest BCUT2D eigenvalue weighted by atomic mass is 9.71. The minimum Gasteiger partial charge on any atom is -0.0651 e. The highest BCUT2D eigenvalue weighted by Crippen LogP contribution is 2.41. The van der Waals surface area contributed by atoms with E-state index in [0.29, 0.717) is 0 Å². The molecule has 0 bridgehead atoms. The van der Waals surface area contributed by atoms with Crippen molar-refractivity contribution in [1.29, 1.82) is 0 Å². The van der Waals surface area contributed by atoms with Crippen molar-refractivity contribution < 1.29 is 0 Å². The Kier molecular flexibility index (Phi) is 12.4. The van der Waals surface area contributed by atoms with Gasteiger partial charge in [0, 0.05) is 0 Å². The van der Waals surface area contributed by atoms with Crippen LogP contribution in [0.4, 0.5) is 0 Å². The molecular formula is C28H56. The van der Waals surface area contributed by atoms with E-state index in [2.05, 4.69) is 62.3 Å². The molecule has 1 fully saturated rings. The maximum Gasteiger partial charge on any atom is -0.0360 e. The van der Waals surface area contributed by atoms with Crippen LogP contribution in [0.3, 0.4) is 0 Å². The van der Waals surface area contributed by atoms with Gasteiger partial charge >= 0.3 is 0 Å². The smallest absolute Gasteiger partial charge is 0.0360 e. The quantitative estimate of drug-likeness (QED) is 0.276. The highest BCUT2D eigenvalue weighted by molar-refractivity contribution is 4.81. The first-order valence-electron chi connectivity index (χ1n) is 13.2. The highest BCUT2D eigenvalue weighted by Gasteiger charge is 2.29. The van der Waals surface area contributed by atoms with Crippen LogP contribution < -0.4 is 0 Å². The van der Waals surface area contributed by atoms with Crippen molar-refractivity contribution in [2.45, 2.75) is 127 Å². The molecular weight excluding hydrogens is 336 g/mol. The lowest BCUT2D eigenvalue weighted by molar-refractivity contribution is 0.158. The zero-order valence-electron chi connectivity index (χ0n) is 21.3. The summed E-state index contributed by atoms with van der Waals surface area (Å²) < 4.78 is 0. The van der Waals surface area contributed by atoms with E-state index in [1.807, 2.05) is 0 Å². The molecule has 0 nitrogen and oxygen atoms in total. The molecule has 6 unspecified atom stereocenters. The van der Waals surface area contributed by atoms with Gasteiger partial charge in [-0.25, -0.2) is 0 Å². The lowest BCUT2D eigenvalue weighted by Gasteiger charge is -2.34. The van der Waals surface area contributed by atoms with Crippen LogP contribution in [-0.4, -0.2) is 0 Å². The van der Waals surface area contributed by atoms with Crippen LogP contribution in [0.1, 0.15) is 127 Å². The third kappa shape index (κ3) is 8.39. The zero-order valence-corrected chi connectivity index (χ0v) is 21.3. The molecule has 0 N–H and O–H groups in total. The molecule has 0 saturated heterocycles. The summed E-state index contributed by atoms with van der Waals surface area (Å²) in [4.78, 5) is 0. The van der Waals surface area contributed by atoms with Crippen molar-refractivity contribution in [1.82, 2.24) is 0 Å². The molecule has 1 rings (SSSR count). The van der Waals surface area contributed by atoms with Crippen LogP contribution in [0.2, 0.25) is 0 Å². The van der Waals surface area contributed by atoms with Crippen LogP contribution in [0, 0.1) is 53.3 Å². The summed E-state index contributed by atoms with van der Waals surface area (Å²) in [6.07, 6.45) is 14.6. The van der Waals surface area contributed by atoms with E-state index < -0.39 is 0 Å². The van der Waals surface area contributed by atoms with Gasteiger partial charge in [0.1, 0.15) is 0 Å². The molecule has 0 radical (unpaired) electrons. The molecule has 6 atom stereocenters. The monoisotopic (exact) mass is 392 g/mol. The standard InChI is InChI=1S/C28H56/c1-10-26(11-2)28(21(6)7)19-27(12-3)22(8)13-14-24-15-16-25(18-24)17-23(9)20(4)5/h20-28H,10-19H2,1-9H3. The predicted octanol–water partition coefficient (Wildman–Crippen LogP) is 9.63. The molecule has 0 aromatic carbocycles. The van der Waals surface area contributed by atoms with Gasteiger partial charge in [0.2, 0.25) is 0 Å². The van der Waals surface area contributed by atoms with Crippen LogP contribution in [0.15, 0.2) is 0 Å². The average Bonchev–Trinajstić information content (AvgIpc) is 3.10. The first-order chi connectivity index (χ1) is 13.2. The number of hydrogen-bond donors (Lipinski definition) is 0. The third-order valence-electron chi connectivity index (χ3n) is 8.94. The van der Waals surface area contributed by atoms with Crippen molar-refractivity contribution in [3.63, 3.8) is 0 Å². The Morgan fingerprint density at radius 1 is 0.679 bits per heavy atom. The molecule has 0 aliphatic heterocycles. The number of rotatable bonds is 14. The van der Waals surface area contributed by atoms with Gasteiger partial charge in [-0.2, -0.15) is 0 Å². The van der Waals surface area contributed by atoms with Crippen LogP contribution >= 0.6 is 0 Å². The van der Waals surface area contributed by atoms with E-state index in [1.54, 1.807) is 0 Å². The topological polar surface area (TPSA) is 0 Å². The zero-order chi connectivity index (χ0) is 21.3. The van der Waals surface area contributed by atoms with Gasteiger partial charge in [-0.1, -0.05) is 107 Å². The largest absolute Gasteiger partial charge is 0.0651 e. The van der Waals surface area contributed by atoms with Crippen molar-refractivity contribution >= 4 is 0 Å². The Morgan fingerprint density at radius 2 is 1.25 bits per heavy atom. The Labute approximate surface area is 180 Å². The summed E-state index contributed by atoms with van der Waals surface area (Å²) in [5.74, 6) is 8.36. The normalized spacial score (nSPS) is 24.9. The SMILES string of the molecule is CCC(CC(C(C)C)C(CC)CC)C(C)CCC1CCC(CC(C)C(C)C)C1. The van der Waals surface area contributed by atoms with Gasteiger partial charge in [0.05, 0.1) is 0 Å². The van der Waals surface area contributed by atoms with Gasteiger partial charge in [-0.15, -0.1) is 0 Å². The average molecular weight is 393 g/mol. The van der Waals surface area contributed by atoms with E-state index in [9.17, 15) is 0 Å². The first kappa shape index (κ1) is 26.0. The fourth-order valence-corrected chi connectivity index (χ4v) is 6.24. The lowest BCUT2D eigenvalue weighted by Crippen LogP contribution is -2.25. The second-order valence-electron chi connectivity index (χ2n) is 11.4. The van der Waals surface area contributed by atoms with E-state index in [4.69, 9.17) is 0 Å². The van der Waals surface area contributed by atoms with Gasteiger partial charge in [0.25, 0.3) is 0 Å². The minimum absolute atomic E-state index is 0.838. The summed E-state index contributed by atoms with van der Waals surface area (Å²) >= 11 is 0. The van der Waals surface area contributed by atoms with Crippen LogP contribution in [-0.2, 0) is 0 Å². The first-order valence-corrected chi connectivity index (χ1v) is 13.2. The molecule has 1 aliphatic carbocycles. The van der Waals surface area contributed by atoms with Crippen molar-refractivity contribution in [3.8, 4) is 0 Å². The van der Waals surface area contributed by atoms with E-state index in [-0.39, 0.29) is 0 Å². The molecule has 0 heteroatoms. The summed E-state index contributed by atoms with van der Waals surface area (Å²) in [5, 5.41) is 0. The van der Waals surface area contributed by atoms with Gasteiger partial charge < -0.3 is 0 Å². The second kappa shape index (κ2) is 13.3.